The maximum absolute atomic E-state index is 11.4. The first kappa shape index (κ1) is 14.7. The molecule has 0 aliphatic carbocycles. The van der Waals surface area contributed by atoms with Crippen molar-refractivity contribution in [3.63, 3.8) is 0 Å². The van der Waals surface area contributed by atoms with E-state index in [2.05, 4.69) is 25.6 Å². The van der Waals surface area contributed by atoms with Gasteiger partial charge < -0.3 is 0 Å². The quantitative estimate of drug-likeness (QED) is 0.812. The van der Waals surface area contributed by atoms with Crippen molar-refractivity contribution in [1.82, 2.24) is 4.98 Å². The average molecular weight is 364 g/mol. The topological polar surface area (TPSA) is 93.2 Å². The Morgan fingerprint density at radius 2 is 2.00 bits per heavy atom. The van der Waals surface area contributed by atoms with E-state index in [4.69, 9.17) is 11.6 Å². The number of nitrogens with one attached hydrogen (secondary N) is 1. The van der Waals surface area contributed by atoms with Crippen LogP contribution in [0.5, 0.6) is 0 Å². The Morgan fingerprint density at radius 3 is 2.47 bits per heavy atom. The molecule has 1 rings (SSSR count). The van der Waals surface area contributed by atoms with Gasteiger partial charge in [-0.2, -0.15) is 0 Å². The number of nitrogens with zero attached hydrogens (tertiary/aromatic N) is 1. The monoisotopic (exact) mass is 362 g/mol. The number of hydrogen-bond donors (Lipinski definition) is 1. The van der Waals surface area contributed by atoms with Crippen LogP contribution >= 0.6 is 27.5 Å². The van der Waals surface area contributed by atoms with Crippen molar-refractivity contribution >= 4 is 53.1 Å². The Kier molecular flexibility index (Phi) is 4.39. The van der Waals surface area contributed by atoms with Gasteiger partial charge >= 0.3 is 0 Å². The summed E-state index contributed by atoms with van der Waals surface area (Å²) in [5.74, 6) is 0. The van der Waals surface area contributed by atoms with Crippen molar-refractivity contribution in [2.45, 2.75) is 0 Å². The largest absolute Gasteiger partial charge is 0.281 e. The molecule has 17 heavy (non-hydrogen) atoms. The lowest BCUT2D eigenvalue weighted by Gasteiger charge is -2.07. The summed E-state index contributed by atoms with van der Waals surface area (Å²) in [7, 11) is -7.59. The molecule has 0 bridgehead atoms. The Bertz CT molecular complexity index is 629. The van der Waals surface area contributed by atoms with Crippen LogP contribution in [0.1, 0.15) is 0 Å². The molecule has 0 saturated heterocycles. The smallest absolute Gasteiger partial charge is 0.247 e. The Labute approximate surface area is 112 Å². The van der Waals surface area contributed by atoms with Crippen molar-refractivity contribution in [1.29, 1.82) is 0 Å². The predicted molar refractivity (Wildman–Crippen MR) is 69.2 cm³/mol. The molecule has 96 valence electrons. The molecule has 0 aliphatic rings. The van der Waals surface area contributed by atoms with Crippen LogP contribution in [0.3, 0.4) is 0 Å². The normalized spacial score (nSPS) is 12.4. The molecule has 0 unspecified atom stereocenters. The zero-order chi connectivity index (χ0) is 13.3. The lowest BCUT2D eigenvalue weighted by atomic mass is 10.4. The summed E-state index contributed by atoms with van der Waals surface area (Å²) in [5.41, 5.74) is 0.130. The fourth-order valence-electron chi connectivity index (χ4n) is 0.968. The van der Waals surface area contributed by atoms with Gasteiger partial charge in [-0.05, 0) is 22.0 Å². The van der Waals surface area contributed by atoms with Gasteiger partial charge in [0.05, 0.1) is 16.4 Å². The van der Waals surface area contributed by atoms with Gasteiger partial charge in [-0.25, -0.2) is 21.8 Å². The van der Waals surface area contributed by atoms with Crippen LogP contribution in [0, 0.1) is 0 Å². The Hall–Kier alpha value is -0.380. The molecule has 0 spiro atoms. The van der Waals surface area contributed by atoms with Crippen LogP contribution in [0.25, 0.3) is 0 Å². The second-order valence-electron chi connectivity index (χ2n) is 3.26. The minimum atomic E-state index is -3.96. The molecule has 0 radical (unpaired) electrons. The lowest BCUT2D eigenvalue weighted by Crippen LogP contribution is -2.22. The summed E-state index contributed by atoms with van der Waals surface area (Å²) >= 11 is 8.69. The Morgan fingerprint density at radius 1 is 1.41 bits per heavy atom. The highest BCUT2D eigenvalue weighted by molar-refractivity contribution is 9.10. The molecule has 0 aliphatic heterocycles. The summed E-state index contributed by atoms with van der Waals surface area (Å²) in [6.45, 7) is 0. The highest BCUT2D eigenvalue weighted by Gasteiger charge is 2.18. The molecular formula is C7H8BrClN2O4S2. The summed E-state index contributed by atoms with van der Waals surface area (Å²) < 4.78 is 47.2. The highest BCUT2D eigenvalue weighted by atomic mass is 79.9. The van der Waals surface area contributed by atoms with Crippen molar-refractivity contribution in [3.05, 3.63) is 21.9 Å². The number of halogens is 2. The molecule has 0 saturated carbocycles. The fourth-order valence-corrected chi connectivity index (χ4v) is 4.38. The van der Waals surface area contributed by atoms with Gasteiger partial charge in [0.2, 0.25) is 10.0 Å². The molecule has 6 nitrogen and oxygen atoms in total. The molecule has 0 aromatic carbocycles. The standard InChI is InChI=1S/C7H8BrClN2O4S2/c1-16(12,13)4-17(14,15)11-5-2-6(8)7(9)10-3-5/h2-3,11H,4H2,1H3. The SMILES string of the molecule is CS(=O)(=O)CS(=O)(=O)Nc1cnc(Cl)c(Br)c1. The van der Waals surface area contributed by atoms with E-state index in [1.807, 2.05) is 0 Å². The molecule has 1 N–H and O–H groups in total. The average Bonchev–Trinajstić information content (AvgIpc) is 2.06. The number of pyridine rings is 1. The summed E-state index contributed by atoms with van der Waals surface area (Å²) in [5, 5.41) is -0.809. The number of aromatic nitrogens is 1. The number of rotatable bonds is 4. The Balaban J connectivity index is 2.95. The van der Waals surface area contributed by atoms with E-state index >= 15 is 0 Å². The molecule has 1 aromatic heterocycles. The van der Waals surface area contributed by atoms with Crippen LogP contribution in [-0.4, -0.2) is 33.2 Å². The van der Waals surface area contributed by atoms with Crippen LogP contribution in [-0.2, 0) is 19.9 Å². The van der Waals surface area contributed by atoms with E-state index in [0.29, 0.717) is 4.47 Å². The maximum atomic E-state index is 11.4. The molecule has 0 amide bonds. The number of sulfonamides is 1. The lowest BCUT2D eigenvalue weighted by molar-refractivity contribution is 0.595. The van der Waals surface area contributed by atoms with E-state index in [1.54, 1.807) is 0 Å². The van der Waals surface area contributed by atoms with Crippen molar-refractivity contribution in [2.75, 3.05) is 16.1 Å². The zero-order valence-electron chi connectivity index (χ0n) is 8.51. The number of anilines is 1. The summed E-state index contributed by atoms with van der Waals surface area (Å²) in [6, 6.07) is 1.38. The number of sulfone groups is 1. The first-order chi connectivity index (χ1) is 7.59. The van der Waals surface area contributed by atoms with Crippen LogP contribution in [0.2, 0.25) is 5.15 Å². The molecule has 10 heteroatoms. The van der Waals surface area contributed by atoms with Crippen LogP contribution < -0.4 is 4.72 Å². The van der Waals surface area contributed by atoms with E-state index in [9.17, 15) is 16.8 Å². The molecule has 0 fully saturated rings. The predicted octanol–water partition coefficient (Wildman–Crippen LogP) is 1.24. The van der Waals surface area contributed by atoms with Gasteiger partial charge in [-0.3, -0.25) is 4.72 Å². The first-order valence-electron chi connectivity index (χ1n) is 4.08. The molecule has 1 aromatic rings. The van der Waals surface area contributed by atoms with Crippen molar-refractivity contribution in [2.24, 2.45) is 0 Å². The van der Waals surface area contributed by atoms with E-state index in [0.717, 1.165) is 6.26 Å². The zero-order valence-corrected chi connectivity index (χ0v) is 12.5. The van der Waals surface area contributed by atoms with E-state index in [1.165, 1.54) is 12.3 Å². The summed E-state index contributed by atoms with van der Waals surface area (Å²) in [4.78, 5) is 3.70. The number of hydrogen-bond acceptors (Lipinski definition) is 5. The van der Waals surface area contributed by atoms with Gasteiger partial charge in [0.1, 0.15) is 5.15 Å². The second-order valence-corrected chi connectivity index (χ2v) is 8.70. The van der Waals surface area contributed by atoms with Crippen molar-refractivity contribution < 1.29 is 16.8 Å². The van der Waals surface area contributed by atoms with Gasteiger partial charge in [0.25, 0.3) is 0 Å². The van der Waals surface area contributed by atoms with Gasteiger partial charge in [-0.15, -0.1) is 0 Å². The van der Waals surface area contributed by atoms with Crippen LogP contribution in [0.4, 0.5) is 5.69 Å². The molecule has 1 heterocycles. The third-order valence-electron chi connectivity index (χ3n) is 1.44. The van der Waals surface area contributed by atoms with Gasteiger partial charge in [0, 0.05) is 6.26 Å². The maximum Gasteiger partial charge on any atom is 0.247 e. The van der Waals surface area contributed by atoms with E-state index in [-0.39, 0.29) is 10.8 Å². The second kappa shape index (κ2) is 5.09. The van der Waals surface area contributed by atoms with Crippen molar-refractivity contribution in [3.8, 4) is 0 Å². The fraction of sp³-hybridized carbons (Fsp3) is 0.286. The molecule has 0 atom stereocenters. The van der Waals surface area contributed by atoms with Crippen LogP contribution in [0.15, 0.2) is 16.7 Å². The van der Waals surface area contributed by atoms with Gasteiger partial charge in [-0.1, -0.05) is 11.6 Å². The first-order valence-corrected chi connectivity index (χ1v) is 8.97. The minimum absolute atomic E-state index is 0.130. The van der Waals surface area contributed by atoms with E-state index < -0.39 is 24.9 Å². The third kappa shape index (κ3) is 5.19. The summed E-state index contributed by atoms with van der Waals surface area (Å²) in [6.07, 6.45) is 2.02. The molecular weight excluding hydrogens is 356 g/mol. The highest BCUT2D eigenvalue weighted by Crippen LogP contribution is 2.23. The van der Waals surface area contributed by atoms with Gasteiger partial charge in [0.15, 0.2) is 14.9 Å². The minimum Gasteiger partial charge on any atom is -0.281 e. The third-order valence-corrected chi connectivity index (χ3v) is 6.07.